The predicted octanol–water partition coefficient (Wildman–Crippen LogP) is 5.87. The Balaban J connectivity index is 1.53. The second-order valence-corrected chi connectivity index (χ2v) is 13.6. The summed E-state index contributed by atoms with van der Waals surface area (Å²) in [6.45, 7) is 1.62. The molecule has 0 spiro atoms. The highest BCUT2D eigenvalue weighted by atomic mass is 35.5. The lowest BCUT2D eigenvalue weighted by Gasteiger charge is -2.30. The molecule has 1 aromatic heterocycles. The summed E-state index contributed by atoms with van der Waals surface area (Å²) >= 11 is 19.2. The van der Waals surface area contributed by atoms with Crippen LogP contribution in [0.25, 0.3) is 0 Å². The molecule has 12 heteroatoms. The van der Waals surface area contributed by atoms with Crippen molar-refractivity contribution in [2.75, 3.05) is 26.8 Å². The third-order valence-electron chi connectivity index (χ3n) is 6.32. The van der Waals surface area contributed by atoms with Gasteiger partial charge >= 0.3 is 0 Å². The van der Waals surface area contributed by atoms with Gasteiger partial charge in [0.1, 0.15) is 9.58 Å². The van der Waals surface area contributed by atoms with E-state index < -0.39 is 21.1 Å². The monoisotopic (exact) mass is 616 g/mol. The van der Waals surface area contributed by atoms with E-state index >= 15 is 0 Å². The molecule has 2 aromatic carbocycles. The Morgan fingerprint density at radius 3 is 2.50 bits per heavy atom. The zero-order chi connectivity index (χ0) is 27.3. The summed E-state index contributed by atoms with van der Waals surface area (Å²) in [6, 6.07) is 13.0. The second kappa shape index (κ2) is 12.9. The van der Waals surface area contributed by atoms with Crippen molar-refractivity contribution in [2.24, 2.45) is 5.92 Å². The van der Waals surface area contributed by atoms with E-state index in [1.54, 1.807) is 36.4 Å². The number of hydrogen-bond acceptors (Lipinski definition) is 7. The van der Waals surface area contributed by atoms with E-state index in [2.05, 4.69) is 10.6 Å². The van der Waals surface area contributed by atoms with Crippen molar-refractivity contribution in [3.8, 4) is 11.5 Å². The van der Waals surface area contributed by atoms with E-state index in [-0.39, 0.29) is 22.3 Å². The number of nitrogens with one attached hydrogen (secondary N) is 2. The highest BCUT2D eigenvalue weighted by Gasteiger charge is 2.37. The molecule has 2 heterocycles. The minimum Gasteiger partial charge on any atom is -0.493 e. The number of methoxy groups -OCH3 is 1. The van der Waals surface area contributed by atoms with Gasteiger partial charge in [0.15, 0.2) is 11.5 Å². The summed E-state index contributed by atoms with van der Waals surface area (Å²) in [5.41, 5.74) is 1.12. The molecule has 2 N–H and O–H groups in total. The van der Waals surface area contributed by atoms with Crippen LogP contribution >= 0.6 is 46.1 Å². The maximum atomic E-state index is 13.6. The van der Waals surface area contributed by atoms with Crippen LogP contribution in [-0.4, -0.2) is 46.5 Å². The molecule has 7 nitrogen and oxygen atoms in total. The number of halogens is 3. The topological polar surface area (TPSA) is 93.7 Å². The van der Waals surface area contributed by atoms with Crippen molar-refractivity contribution in [1.29, 1.82) is 0 Å². The van der Waals surface area contributed by atoms with Gasteiger partial charge in [-0.3, -0.25) is 4.79 Å². The van der Waals surface area contributed by atoms with Crippen LogP contribution in [-0.2, 0) is 16.3 Å². The van der Waals surface area contributed by atoms with Crippen molar-refractivity contribution in [3.05, 3.63) is 74.0 Å². The predicted molar refractivity (Wildman–Crippen MR) is 152 cm³/mol. The normalized spacial score (nSPS) is 15.2. The number of benzene rings is 2. The van der Waals surface area contributed by atoms with Gasteiger partial charge in [-0.2, -0.15) is 0 Å². The first-order valence-corrected chi connectivity index (χ1v) is 15.4. The third-order valence-corrected chi connectivity index (χ3v) is 10.7. The quantitative estimate of drug-likeness (QED) is 0.296. The number of carbonyl (C=O) groups is 1. The zero-order valence-corrected chi connectivity index (χ0v) is 24.4. The molecule has 4 rings (SSSR count). The fourth-order valence-corrected chi connectivity index (χ4v) is 8.32. The fourth-order valence-electron chi connectivity index (χ4n) is 4.31. The van der Waals surface area contributed by atoms with Gasteiger partial charge in [0.2, 0.25) is 9.84 Å². The molecule has 3 aromatic rings. The summed E-state index contributed by atoms with van der Waals surface area (Å²) in [4.78, 5) is 13.4. The molecule has 38 heavy (non-hydrogen) atoms. The summed E-state index contributed by atoms with van der Waals surface area (Å²) in [7, 11) is -2.36. The van der Waals surface area contributed by atoms with E-state index in [0.29, 0.717) is 58.2 Å². The maximum Gasteiger partial charge on any atom is 0.252 e. The molecule has 1 aliphatic rings. The SMILES string of the molecule is COc1ccc(C(=O)NC(C2CCNCC2)S(=O)(=O)c2ccc(Cl)s2)cc1OCCc1ccc(Cl)cc1Cl. The zero-order valence-electron chi connectivity index (χ0n) is 20.5. The number of sulfone groups is 1. The molecule has 0 saturated carbocycles. The van der Waals surface area contributed by atoms with Crippen molar-refractivity contribution >= 4 is 61.9 Å². The molecule has 1 aliphatic heterocycles. The van der Waals surface area contributed by atoms with Gasteiger partial charge in [-0.25, -0.2) is 8.42 Å². The van der Waals surface area contributed by atoms with Crippen LogP contribution in [0.2, 0.25) is 14.4 Å². The summed E-state index contributed by atoms with van der Waals surface area (Å²) in [5, 5.41) is 6.03. The first kappa shape index (κ1) is 29.0. The second-order valence-electron chi connectivity index (χ2n) is 8.78. The van der Waals surface area contributed by atoms with Gasteiger partial charge in [-0.1, -0.05) is 40.9 Å². The molecular weight excluding hydrogens is 591 g/mol. The van der Waals surface area contributed by atoms with Crippen LogP contribution in [0.5, 0.6) is 11.5 Å². The van der Waals surface area contributed by atoms with Crippen LogP contribution in [0.1, 0.15) is 28.8 Å². The lowest BCUT2D eigenvalue weighted by Crippen LogP contribution is -2.48. The molecule has 1 amide bonds. The molecule has 1 fully saturated rings. The number of thiophene rings is 1. The molecule has 0 aliphatic carbocycles. The van der Waals surface area contributed by atoms with Crippen LogP contribution in [0.15, 0.2) is 52.7 Å². The molecule has 204 valence electrons. The molecule has 0 bridgehead atoms. The Bertz CT molecular complexity index is 1390. The number of piperidine rings is 1. The van der Waals surface area contributed by atoms with Gasteiger partial charge in [0, 0.05) is 22.0 Å². The van der Waals surface area contributed by atoms with Gasteiger partial charge in [-0.15, -0.1) is 11.3 Å². The van der Waals surface area contributed by atoms with Crippen molar-refractivity contribution < 1.29 is 22.7 Å². The highest BCUT2D eigenvalue weighted by Crippen LogP contribution is 2.33. The standard InChI is InChI=1S/C26H27Cl3N2O5S2/c1-35-21-5-3-18(14-22(21)36-13-10-16-2-4-19(27)15-20(16)28)25(32)31-26(17-8-11-30-12-9-17)38(33,34)24-7-6-23(29)37-24/h2-7,14-15,17,26,30H,8-13H2,1H3,(H,31,32). The lowest BCUT2D eigenvalue weighted by atomic mass is 9.97. The van der Waals surface area contributed by atoms with Crippen molar-refractivity contribution in [2.45, 2.75) is 28.8 Å². The van der Waals surface area contributed by atoms with Gasteiger partial charge < -0.3 is 20.1 Å². The van der Waals surface area contributed by atoms with Crippen LogP contribution in [0.4, 0.5) is 0 Å². The maximum absolute atomic E-state index is 13.6. The minimum atomic E-state index is -3.86. The average Bonchev–Trinajstić information content (AvgIpc) is 3.36. The van der Waals surface area contributed by atoms with Crippen molar-refractivity contribution in [1.82, 2.24) is 10.6 Å². The molecule has 1 unspecified atom stereocenters. The number of carbonyl (C=O) groups excluding carboxylic acids is 1. The third kappa shape index (κ3) is 6.94. The Hall–Kier alpha value is -2.01. The Morgan fingerprint density at radius 1 is 1.08 bits per heavy atom. The van der Waals surface area contributed by atoms with Crippen molar-refractivity contribution in [3.63, 3.8) is 0 Å². The van der Waals surface area contributed by atoms with E-state index in [1.807, 2.05) is 6.07 Å². The Labute approximate surface area is 241 Å². The number of ether oxygens (including phenoxy) is 2. The lowest BCUT2D eigenvalue weighted by molar-refractivity contribution is 0.0934. The molecule has 1 atom stereocenters. The van der Waals surface area contributed by atoms with Crippen LogP contribution in [0, 0.1) is 5.92 Å². The smallest absolute Gasteiger partial charge is 0.252 e. The molecular formula is C26H27Cl3N2O5S2. The van der Waals surface area contributed by atoms with E-state index in [1.165, 1.54) is 13.2 Å². The Morgan fingerprint density at radius 2 is 1.84 bits per heavy atom. The highest BCUT2D eigenvalue weighted by molar-refractivity contribution is 7.94. The summed E-state index contributed by atoms with van der Waals surface area (Å²) < 4.78 is 38.9. The summed E-state index contributed by atoms with van der Waals surface area (Å²) in [6.07, 6.45) is 1.75. The van der Waals surface area contributed by atoms with Gasteiger partial charge in [0.25, 0.3) is 5.91 Å². The first-order chi connectivity index (χ1) is 18.2. The summed E-state index contributed by atoms with van der Waals surface area (Å²) in [5.74, 6) is 0.0354. The van der Waals surface area contributed by atoms with E-state index in [0.717, 1.165) is 16.9 Å². The molecule has 1 saturated heterocycles. The number of hydrogen-bond donors (Lipinski definition) is 2. The molecule has 0 radical (unpaired) electrons. The van der Waals surface area contributed by atoms with Gasteiger partial charge in [-0.05, 0) is 79.9 Å². The first-order valence-electron chi connectivity index (χ1n) is 11.9. The Kier molecular flexibility index (Phi) is 9.84. The van der Waals surface area contributed by atoms with Gasteiger partial charge in [0.05, 0.1) is 18.1 Å². The minimum absolute atomic E-state index is 0.131. The van der Waals surface area contributed by atoms with Crippen LogP contribution in [0.3, 0.4) is 0 Å². The average molecular weight is 618 g/mol. The van der Waals surface area contributed by atoms with Crippen LogP contribution < -0.4 is 20.1 Å². The largest absolute Gasteiger partial charge is 0.493 e. The number of amides is 1. The number of rotatable bonds is 10. The fraction of sp³-hybridized carbons (Fsp3) is 0.346. The van der Waals surface area contributed by atoms with E-state index in [4.69, 9.17) is 44.3 Å². The van der Waals surface area contributed by atoms with E-state index in [9.17, 15) is 13.2 Å².